The SMILES string of the molecule is COc1cc(F)c(NC(=O)CC2(C(=O)O)Cc3ccccc3C2)cc1F. The molecule has 0 bridgehead atoms. The zero-order valence-corrected chi connectivity index (χ0v) is 14.0. The Morgan fingerprint density at radius 3 is 2.31 bits per heavy atom. The number of hydrogen-bond acceptors (Lipinski definition) is 3. The van der Waals surface area contributed by atoms with E-state index in [4.69, 9.17) is 0 Å². The minimum absolute atomic E-state index is 0.214. The molecule has 0 fully saturated rings. The minimum atomic E-state index is -1.30. The first-order valence-electron chi connectivity index (χ1n) is 7.98. The summed E-state index contributed by atoms with van der Waals surface area (Å²) in [5.74, 6) is -3.76. The second kappa shape index (κ2) is 6.74. The fourth-order valence-corrected chi connectivity index (χ4v) is 3.33. The van der Waals surface area contributed by atoms with E-state index in [0.717, 1.165) is 23.3 Å². The van der Waals surface area contributed by atoms with Crippen molar-refractivity contribution >= 4 is 17.6 Å². The lowest BCUT2D eigenvalue weighted by atomic mass is 9.81. The van der Waals surface area contributed by atoms with Gasteiger partial charge in [-0.15, -0.1) is 0 Å². The van der Waals surface area contributed by atoms with E-state index in [-0.39, 0.29) is 30.7 Å². The van der Waals surface area contributed by atoms with Crippen LogP contribution in [0.5, 0.6) is 5.75 Å². The molecular formula is C19H17F2NO4. The molecule has 0 radical (unpaired) electrons. The van der Waals surface area contributed by atoms with E-state index < -0.39 is 28.9 Å². The first-order chi connectivity index (χ1) is 12.3. The van der Waals surface area contributed by atoms with Crippen molar-refractivity contribution in [1.82, 2.24) is 0 Å². The molecule has 1 amide bonds. The van der Waals surface area contributed by atoms with E-state index >= 15 is 0 Å². The summed E-state index contributed by atoms with van der Waals surface area (Å²) in [5.41, 5.74) is 0.105. The van der Waals surface area contributed by atoms with E-state index in [1.54, 1.807) is 0 Å². The molecule has 2 aromatic rings. The highest BCUT2D eigenvalue weighted by Gasteiger charge is 2.45. The molecule has 0 spiro atoms. The molecule has 0 unspecified atom stereocenters. The lowest BCUT2D eigenvalue weighted by Gasteiger charge is -2.23. The lowest BCUT2D eigenvalue weighted by Crippen LogP contribution is -2.36. The Morgan fingerprint density at radius 1 is 1.15 bits per heavy atom. The van der Waals surface area contributed by atoms with Crippen LogP contribution in [0.15, 0.2) is 36.4 Å². The highest BCUT2D eigenvalue weighted by atomic mass is 19.1. The highest BCUT2D eigenvalue weighted by Crippen LogP contribution is 2.40. The second-order valence-electron chi connectivity index (χ2n) is 6.40. The Hall–Kier alpha value is -2.96. The first kappa shape index (κ1) is 17.8. The van der Waals surface area contributed by atoms with Gasteiger partial charge in [0, 0.05) is 18.6 Å². The summed E-state index contributed by atoms with van der Waals surface area (Å²) >= 11 is 0. The van der Waals surface area contributed by atoms with E-state index in [1.807, 2.05) is 24.3 Å². The monoisotopic (exact) mass is 361 g/mol. The summed E-state index contributed by atoms with van der Waals surface area (Å²) in [6.45, 7) is 0. The average molecular weight is 361 g/mol. The molecule has 5 nitrogen and oxygen atoms in total. The molecule has 136 valence electrons. The van der Waals surface area contributed by atoms with E-state index in [0.29, 0.717) is 0 Å². The fourth-order valence-electron chi connectivity index (χ4n) is 3.33. The van der Waals surface area contributed by atoms with Gasteiger partial charge in [-0.05, 0) is 24.0 Å². The number of nitrogens with one attached hydrogen (secondary N) is 1. The van der Waals surface area contributed by atoms with Crippen LogP contribution < -0.4 is 10.1 Å². The molecule has 0 saturated carbocycles. The predicted molar refractivity (Wildman–Crippen MR) is 90.1 cm³/mol. The van der Waals surface area contributed by atoms with Crippen molar-refractivity contribution in [1.29, 1.82) is 0 Å². The van der Waals surface area contributed by atoms with Crippen molar-refractivity contribution in [3.8, 4) is 5.75 Å². The Labute approximate surface area is 148 Å². The van der Waals surface area contributed by atoms with Gasteiger partial charge < -0.3 is 15.2 Å². The molecule has 2 N–H and O–H groups in total. The van der Waals surface area contributed by atoms with Gasteiger partial charge in [0.1, 0.15) is 0 Å². The van der Waals surface area contributed by atoms with E-state index in [1.165, 1.54) is 7.11 Å². The van der Waals surface area contributed by atoms with E-state index in [2.05, 4.69) is 10.1 Å². The number of benzene rings is 2. The molecule has 0 aliphatic heterocycles. The van der Waals surface area contributed by atoms with Crippen LogP contribution in [0.2, 0.25) is 0 Å². The quantitative estimate of drug-likeness (QED) is 0.858. The molecule has 26 heavy (non-hydrogen) atoms. The van der Waals surface area contributed by atoms with Gasteiger partial charge in [-0.2, -0.15) is 0 Å². The van der Waals surface area contributed by atoms with Crippen molar-refractivity contribution in [3.05, 3.63) is 59.2 Å². The van der Waals surface area contributed by atoms with Crippen molar-refractivity contribution in [3.63, 3.8) is 0 Å². The minimum Gasteiger partial charge on any atom is -0.494 e. The molecule has 7 heteroatoms. The second-order valence-corrected chi connectivity index (χ2v) is 6.40. The summed E-state index contributed by atoms with van der Waals surface area (Å²) in [4.78, 5) is 24.2. The lowest BCUT2D eigenvalue weighted by molar-refractivity contribution is -0.150. The maximum Gasteiger partial charge on any atom is 0.310 e. The number of hydrogen-bond donors (Lipinski definition) is 2. The maximum absolute atomic E-state index is 14.0. The summed E-state index contributed by atoms with van der Waals surface area (Å²) in [5, 5.41) is 12.0. The number of aliphatic carboxylic acids is 1. The predicted octanol–water partition coefficient (Wildman–Crippen LogP) is 3.17. The largest absolute Gasteiger partial charge is 0.494 e. The molecule has 0 atom stereocenters. The topological polar surface area (TPSA) is 75.6 Å². The number of ether oxygens (including phenoxy) is 1. The molecule has 0 saturated heterocycles. The summed E-state index contributed by atoms with van der Waals surface area (Å²) in [6.07, 6.45) is 0.0842. The first-order valence-corrected chi connectivity index (χ1v) is 7.98. The average Bonchev–Trinajstić information content (AvgIpc) is 2.97. The van der Waals surface area contributed by atoms with Crippen LogP contribution in [0.3, 0.4) is 0 Å². The molecular weight excluding hydrogens is 344 g/mol. The zero-order valence-electron chi connectivity index (χ0n) is 14.0. The van der Waals surface area contributed by atoms with Gasteiger partial charge in [0.05, 0.1) is 18.2 Å². The third kappa shape index (κ3) is 3.24. The van der Waals surface area contributed by atoms with E-state index in [9.17, 15) is 23.5 Å². The van der Waals surface area contributed by atoms with Crippen LogP contribution in [-0.2, 0) is 22.4 Å². The van der Waals surface area contributed by atoms with Crippen LogP contribution in [0.4, 0.5) is 14.5 Å². The van der Waals surface area contributed by atoms with Gasteiger partial charge >= 0.3 is 5.97 Å². The van der Waals surface area contributed by atoms with Crippen molar-refractivity contribution in [2.75, 3.05) is 12.4 Å². The molecule has 2 aromatic carbocycles. The number of carboxylic acids is 1. The molecule has 1 aliphatic carbocycles. The third-order valence-corrected chi connectivity index (χ3v) is 4.64. The van der Waals surface area contributed by atoms with Crippen LogP contribution >= 0.6 is 0 Å². The van der Waals surface area contributed by atoms with Crippen LogP contribution in [0.25, 0.3) is 0 Å². The summed E-state index contributed by atoms with van der Waals surface area (Å²) < 4.78 is 32.4. The van der Waals surface area contributed by atoms with Gasteiger partial charge in [0.2, 0.25) is 5.91 Å². The molecule has 3 rings (SSSR count). The molecule has 0 heterocycles. The van der Waals surface area contributed by atoms with Crippen molar-refractivity contribution in [2.24, 2.45) is 5.41 Å². The Bertz CT molecular complexity index is 857. The number of amides is 1. The van der Waals surface area contributed by atoms with Crippen molar-refractivity contribution < 1.29 is 28.2 Å². The normalized spacial score (nSPS) is 14.6. The molecule has 1 aliphatic rings. The van der Waals surface area contributed by atoms with Crippen LogP contribution in [0.1, 0.15) is 17.5 Å². The highest BCUT2D eigenvalue weighted by molar-refractivity contribution is 5.95. The summed E-state index contributed by atoms with van der Waals surface area (Å²) in [7, 11) is 1.20. The Balaban J connectivity index is 1.79. The smallest absolute Gasteiger partial charge is 0.310 e. The number of fused-ring (bicyclic) bond motifs is 1. The van der Waals surface area contributed by atoms with Crippen molar-refractivity contribution in [2.45, 2.75) is 19.3 Å². The Kier molecular flexibility index (Phi) is 4.63. The number of carbonyl (C=O) groups excluding carboxylic acids is 1. The van der Waals surface area contributed by atoms with Gasteiger partial charge in [-0.25, -0.2) is 8.78 Å². The number of rotatable bonds is 5. The maximum atomic E-state index is 14.0. The standard InChI is InChI=1S/C19H17F2NO4/c1-26-16-7-13(20)15(6-14(16)21)22-17(23)10-19(18(24)25)8-11-4-2-3-5-12(11)9-19/h2-7H,8-10H2,1H3,(H,22,23)(H,24,25). The Morgan fingerprint density at radius 2 is 1.77 bits per heavy atom. The molecule has 0 aromatic heterocycles. The van der Waals surface area contributed by atoms with Gasteiger partial charge in [-0.3, -0.25) is 9.59 Å². The number of carbonyl (C=O) groups is 2. The van der Waals surface area contributed by atoms with Gasteiger partial charge in [0.15, 0.2) is 17.4 Å². The number of anilines is 1. The number of carboxylic acid groups (broad SMARTS) is 1. The number of methoxy groups -OCH3 is 1. The zero-order chi connectivity index (χ0) is 18.9. The third-order valence-electron chi connectivity index (χ3n) is 4.64. The van der Waals surface area contributed by atoms with Crippen LogP contribution in [0, 0.1) is 17.0 Å². The van der Waals surface area contributed by atoms with Gasteiger partial charge in [0.25, 0.3) is 0 Å². The summed E-state index contributed by atoms with van der Waals surface area (Å²) in [6, 6.07) is 8.91. The van der Waals surface area contributed by atoms with Gasteiger partial charge in [-0.1, -0.05) is 24.3 Å². The fraction of sp³-hybridized carbons (Fsp3) is 0.263. The van der Waals surface area contributed by atoms with Crippen LogP contribution in [-0.4, -0.2) is 24.1 Å². The number of halogens is 2.